The number of amides is 2. The highest BCUT2D eigenvalue weighted by molar-refractivity contribution is 5.95. The summed E-state index contributed by atoms with van der Waals surface area (Å²) < 4.78 is 21.1. The van der Waals surface area contributed by atoms with E-state index in [-0.39, 0.29) is 11.9 Å². The van der Waals surface area contributed by atoms with E-state index in [2.05, 4.69) is 5.32 Å². The van der Waals surface area contributed by atoms with Crippen LogP contribution in [-0.2, 0) is 4.74 Å². The summed E-state index contributed by atoms with van der Waals surface area (Å²) in [4.78, 5) is 26.5. The Bertz CT molecular complexity index is 658. The van der Waals surface area contributed by atoms with Gasteiger partial charge in [0.15, 0.2) is 11.5 Å². The number of nitrogens with one attached hydrogen (secondary N) is 1. The van der Waals surface area contributed by atoms with E-state index in [0.29, 0.717) is 61.3 Å². The molecule has 8 heteroatoms. The summed E-state index contributed by atoms with van der Waals surface area (Å²) in [6, 6.07) is 3.30. The number of likely N-dealkylation sites (tertiary alicyclic amines) is 1. The van der Waals surface area contributed by atoms with Crippen molar-refractivity contribution in [1.82, 2.24) is 10.2 Å². The number of carbonyl (C=O) groups excluding carboxylic acids is 2. The fraction of sp³-hybridized carbons (Fsp3) is 0.600. The average Bonchev–Trinajstić information content (AvgIpc) is 2.71. The van der Waals surface area contributed by atoms with Gasteiger partial charge in [-0.05, 0) is 30.9 Å². The van der Waals surface area contributed by atoms with E-state index < -0.39 is 6.09 Å². The van der Waals surface area contributed by atoms with Gasteiger partial charge in [-0.15, -0.1) is 0 Å². The second kappa shape index (κ2) is 10.1. The maximum Gasteiger partial charge on any atom is 0.407 e. The number of alkyl carbamates (subject to hydrolysis) is 1. The van der Waals surface area contributed by atoms with Crippen molar-refractivity contribution in [3.8, 4) is 17.2 Å². The molecule has 28 heavy (non-hydrogen) atoms. The van der Waals surface area contributed by atoms with E-state index in [9.17, 15) is 9.59 Å². The van der Waals surface area contributed by atoms with Crippen LogP contribution in [0.25, 0.3) is 0 Å². The molecule has 156 valence electrons. The molecule has 1 aromatic carbocycles. The van der Waals surface area contributed by atoms with Crippen molar-refractivity contribution in [2.75, 3.05) is 41.0 Å². The van der Waals surface area contributed by atoms with Gasteiger partial charge in [0.25, 0.3) is 5.91 Å². The van der Waals surface area contributed by atoms with Gasteiger partial charge in [-0.25, -0.2) is 4.79 Å². The van der Waals surface area contributed by atoms with Crippen LogP contribution >= 0.6 is 0 Å². The summed E-state index contributed by atoms with van der Waals surface area (Å²) in [6.07, 6.45) is 0.947. The van der Waals surface area contributed by atoms with Gasteiger partial charge in [0.05, 0.1) is 27.9 Å². The first-order chi connectivity index (χ1) is 13.4. The molecule has 2 amide bonds. The second-order valence-corrected chi connectivity index (χ2v) is 7.12. The topological polar surface area (TPSA) is 86.3 Å². The molecule has 0 saturated carbocycles. The SMILES string of the molecule is COc1cc(C(=O)N2CCC(NC(=O)OCC(C)C)CC2)cc(OC)c1OC. The lowest BCUT2D eigenvalue weighted by atomic mass is 10.0. The largest absolute Gasteiger partial charge is 0.493 e. The molecule has 0 radical (unpaired) electrons. The first-order valence-electron chi connectivity index (χ1n) is 9.42. The Morgan fingerprint density at radius 1 is 1.07 bits per heavy atom. The van der Waals surface area contributed by atoms with Gasteiger partial charge in [0, 0.05) is 24.7 Å². The lowest BCUT2D eigenvalue weighted by molar-refractivity contribution is 0.0699. The molecule has 0 unspecified atom stereocenters. The molecule has 0 bridgehead atoms. The maximum atomic E-state index is 12.9. The van der Waals surface area contributed by atoms with Crippen LogP contribution in [0.4, 0.5) is 4.79 Å². The van der Waals surface area contributed by atoms with Crippen molar-refractivity contribution in [1.29, 1.82) is 0 Å². The van der Waals surface area contributed by atoms with E-state index >= 15 is 0 Å². The highest BCUT2D eigenvalue weighted by Gasteiger charge is 2.26. The average molecular weight is 394 g/mol. The highest BCUT2D eigenvalue weighted by Crippen LogP contribution is 2.38. The normalized spacial score (nSPS) is 14.6. The van der Waals surface area contributed by atoms with Gasteiger partial charge in [-0.1, -0.05) is 13.8 Å². The Balaban J connectivity index is 1.97. The van der Waals surface area contributed by atoms with Crippen LogP contribution in [0.2, 0.25) is 0 Å². The van der Waals surface area contributed by atoms with Gasteiger partial charge in [-0.2, -0.15) is 0 Å². The highest BCUT2D eigenvalue weighted by atomic mass is 16.5. The van der Waals surface area contributed by atoms with Crippen molar-refractivity contribution in [2.45, 2.75) is 32.7 Å². The lowest BCUT2D eigenvalue weighted by Gasteiger charge is -2.32. The molecular formula is C20H30N2O6. The lowest BCUT2D eigenvalue weighted by Crippen LogP contribution is -2.46. The van der Waals surface area contributed by atoms with Crippen molar-refractivity contribution in [2.24, 2.45) is 5.92 Å². The Morgan fingerprint density at radius 2 is 1.64 bits per heavy atom. The van der Waals surface area contributed by atoms with E-state index in [0.717, 1.165) is 0 Å². The first-order valence-corrected chi connectivity index (χ1v) is 9.42. The Kier molecular flexibility index (Phi) is 7.78. The van der Waals surface area contributed by atoms with Gasteiger partial charge in [0.2, 0.25) is 5.75 Å². The quantitative estimate of drug-likeness (QED) is 0.765. The fourth-order valence-corrected chi connectivity index (χ4v) is 3.06. The summed E-state index contributed by atoms with van der Waals surface area (Å²) in [5.41, 5.74) is 0.470. The molecule has 0 atom stereocenters. The number of rotatable bonds is 7. The van der Waals surface area contributed by atoms with Crippen molar-refractivity contribution >= 4 is 12.0 Å². The van der Waals surface area contributed by atoms with Crippen LogP contribution < -0.4 is 19.5 Å². The van der Waals surface area contributed by atoms with Crippen molar-refractivity contribution in [3.63, 3.8) is 0 Å². The van der Waals surface area contributed by atoms with Crippen LogP contribution in [0.3, 0.4) is 0 Å². The van der Waals surface area contributed by atoms with Crippen LogP contribution in [0, 0.1) is 5.92 Å². The van der Waals surface area contributed by atoms with Gasteiger partial charge < -0.3 is 29.2 Å². The Morgan fingerprint density at radius 3 is 2.11 bits per heavy atom. The van der Waals surface area contributed by atoms with E-state index in [1.54, 1.807) is 17.0 Å². The number of ether oxygens (including phenoxy) is 4. The zero-order chi connectivity index (χ0) is 20.7. The summed E-state index contributed by atoms with van der Waals surface area (Å²) in [5.74, 6) is 1.51. The third-order valence-electron chi connectivity index (χ3n) is 4.56. The molecule has 0 aromatic heterocycles. The zero-order valence-electron chi connectivity index (χ0n) is 17.2. The smallest absolute Gasteiger partial charge is 0.407 e. The van der Waals surface area contributed by atoms with Crippen LogP contribution in [-0.4, -0.2) is 64.0 Å². The molecule has 8 nitrogen and oxygen atoms in total. The minimum Gasteiger partial charge on any atom is -0.493 e. The monoisotopic (exact) mass is 394 g/mol. The number of hydrogen-bond donors (Lipinski definition) is 1. The third kappa shape index (κ3) is 5.43. The molecule has 1 aliphatic rings. The van der Waals surface area contributed by atoms with E-state index in [1.807, 2.05) is 13.8 Å². The predicted molar refractivity (Wildman–Crippen MR) is 104 cm³/mol. The van der Waals surface area contributed by atoms with E-state index in [1.165, 1.54) is 21.3 Å². The molecule has 2 rings (SSSR count). The summed E-state index contributed by atoms with van der Waals surface area (Å²) in [5, 5.41) is 2.87. The van der Waals surface area contributed by atoms with E-state index in [4.69, 9.17) is 18.9 Å². The summed E-state index contributed by atoms with van der Waals surface area (Å²) in [7, 11) is 4.55. The van der Waals surface area contributed by atoms with Crippen LogP contribution in [0.5, 0.6) is 17.2 Å². The zero-order valence-corrected chi connectivity index (χ0v) is 17.2. The molecule has 1 fully saturated rings. The maximum absolute atomic E-state index is 12.9. The van der Waals surface area contributed by atoms with Crippen molar-refractivity contribution in [3.05, 3.63) is 17.7 Å². The fourth-order valence-electron chi connectivity index (χ4n) is 3.06. The molecular weight excluding hydrogens is 364 g/mol. The van der Waals surface area contributed by atoms with Gasteiger partial charge in [0.1, 0.15) is 0 Å². The number of piperidine rings is 1. The standard InChI is InChI=1S/C20H30N2O6/c1-13(2)12-28-20(24)21-15-6-8-22(9-7-15)19(23)14-10-16(25-3)18(27-5)17(11-14)26-4/h10-11,13,15H,6-9,12H2,1-5H3,(H,21,24). The minimum absolute atomic E-state index is 0.00338. The molecule has 1 heterocycles. The first kappa shape index (κ1) is 21.7. The molecule has 1 N–H and O–H groups in total. The number of hydrogen-bond acceptors (Lipinski definition) is 6. The van der Waals surface area contributed by atoms with Gasteiger partial charge >= 0.3 is 6.09 Å². The number of nitrogens with zero attached hydrogens (tertiary/aromatic N) is 1. The number of carbonyl (C=O) groups is 2. The Labute approximate surface area is 166 Å². The summed E-state index contributed by atoms with van der Waals surface area (Å²) in [6.45, 7) is 5.46. The number of methoxy groups -OCH3 is 3. The van der Waals surface area contributed by atoms with Crippen LogP contribution in [0.1, 0.15) is 37.0 Å². The van der Waals surface area contributed by atoms with Gasteiger partial charge in [-0.3, -0.25) is 4.79 Å². The van der Waals surface area contributed by atoms with Crippen molar-refractivity contribution < 1.29 is 28.5 Å². The number of benzene rings is 1. The molecule has 0 spiro atoms. The molecule has 1 aromatic rings. The second-order valence-electron chi connectivity index (χ2n) is 7.12. The van der Waals surface area contributed by atoms with Crippen LogP contribution in [0.15, 0.2) is 12.1 Å². The molecule has 0 aliphatic carbocycles. The molecule has 1 saturated heterocycles. The predicted octanol–water partition coefficient (Wildman–Crippen LogP) is 2.70. The Hall–Kier alpha value is -2.64. The minimum atomic E-state index is -0.400. The third-order valence-corrected chi connectivity index (χ3v) is 4.56. The molecule has 1 aliphatic heterocycles. The summed E-state index contributed by atoms with van der Waals surface area (Å²) >= 11 is 0.